The van der Waals surface area contributed by atoms with Crippen molar-refractivity contribution in [2.75, 3.05) is 36.8 Å². The molecular weight excluding hydrogens is 386 g/mol. The predicted molar refractivity (Wildman–Crippen MR) is 114 cm³/mol. The Labute approximate surface area is 172 Å². The summed E-state index contributed by atoms with van der Waals surface area (Å²) in [4.78, 5) is 17.0. The summed E-state index contributed by atoms with van der Waals surface area (Å²) >= 11 is 0. The molecule has 0 radical (unpaired) electrons. The zero-order chi connectivity index (χ0) is 21.0. The van der Waals surface area contributed by atoms with Gasteiger partial charge in [-0.3, -0.25) is 4.79 Å². The Morgan fingerprint density at radius 3 is 2.31 bits per heavy atom. The number of hydrogen-bond donors (Lipinski definition) is 0. The number of nitrogens with zero attached hydrogens (tertiary/aromatic N) is 3. The summed E-state index contributed by atoms with van der Waals surface area (Å²) in [5.74, 6) is -0.737. The van der Waals surface area contributed by atoms with Gasteiger partial charge in [0, 0.05) is 37.4 Å². The van der Waals surface area contributed by atoms with Gasteiger partial charge in [-0.15, -0.1) is 0 Å². The highest BCUT2D eigenvalue weighted by molar-refractivity contribution is 7.90. The van der Waals surface area contributed by atoms with Crippen LogP contribution in [0.5, 0.6) is 0 Å². The van der Waals surface area contributed by atoms with Crippen molar-refractivity contribution in [2.24, 2.45) is 0 Å². The first-order valence-corrected chi connectivity index (χ1v) is 11.4. The van der Waals surface area contributed by atoms with E-state index < -0.39 is 15.6 Å². The third kappa shape index (κ3) is 4.96. The van der Waals surface area contributed by atoms with Crippen molar-refractivity contribution in [3.05, 3.63) is 64.7 Å². The number of hydrogen-bond acceptors (Lipinski definition) is 5. The van der Waals surface area contributed by atoms with Crippen LogP contribution in [0.3, 0.4) is 0 Å². The molecule has 1 amide bonds. The maximum Gasteiger partial charge on any atom is 0.253 e. The number of amides is 1. The number of aryl methyl sites for hydroxylation is 1. The summed E-state index contributed by atoms with van der Waals surface area (Å²) in [5, 5.41) is 8.58. The number of rotatable bonds is 5. The lowest BCUT2D eigenvalue weighted by molar-refractivity contribution is 0.0746. The molecular formula is C22H25N3O3S. The highest BCUT2D eigenvalue weighted by Gasteiger charge is 2.23. The van der Waals surface area contributed by atoms with Crippen molar-refractivity contribution in [2.45, 2.75) is 19.6 Å². The summed E-state index contributed by atoms with van der Waals surface area (Å²) < 4.78 is 23.5. The van der Waals surface area contributed by atoms with E-state index in [9.17, 15) is 13.2 Å². The smallest absolute Gasteiger partial charge is 0.253 e. The first-order valence-electron chi connectivity index (χ1n) is 9.57. The highest BCUT2D eigenvalue weighted by Crippen LogP contribution is 2.24. The fourth-order valence-corrected chi connectivity index (χ4v) is 4.56. The highest BCUT2D eigenvalue weighted by atomic mass is 32.2. The number of sulfone groups is 1. The lowest BCUT2D eigenvalue weighted by atomic mass is 10.1. The Bertz CT molecular complexity index is 1030. The summed E-state index contributed by atoms with van der Waals surface area (Å²) in [6.07, 6.45) is 0. The van der Waals surface area contributed by atoms with E-state index in [-0.39, 0.29) is 11.7 Å². The zero-order valence-corrected chi connectivity index (χ0v) is 17.6. The normalized spacial score (nSPS) is 14.5. The topological polar surface area (TPSA) is 81.5 Å². The van der Waals surface area contributed by atoms with Gasteiger partial charge in [-0.25, -0.2) is 8.42 Å². The van der Waals surface area contributed by atoms with Gasteiger partial charge < -0.3 is 9.80 Å². The van der Waals surface area contributed by atoms with Crippen LogP contribution in [0, 0.1) is 25.2 Å². The van der Waals surface area contributed by atoms with Crippen molar-refractivity contribution in [3.8, 4) is 6.07 Å². The predicted octanol–water partition coefficient (Wildman–Crippen LogP) is 2.70. The molecule has 0 atom stereocenters. The number of carbonyl (C=O) groups is 1. The first kappa shape index (κ1) is 20.9. The third-order valence-corrected chi connectivity index (χ3v) is 6.70. The molecule has 1 aliphatic heterocycles. The molecule has 2 aromatic carbocycles. The number of anilines is 1. The molecule has 3 rings (SSSR count). The minimum absolute atomic E-state index is 0.0444. The van der Waals surface area contributed by atoms with Gasteiger partial charge in [0.15, 0.2) is 9.84 Å². The van der Waals surface area contributed by atoms with Crippen LogP contribution < -0.4 is 4.90 Å². The first-order chi connectivity index (χ1) is 13.8. The van der Waals surface area contributed by atoms with Crippen LogP contribution in [-0.2, 0) is 15.6 Å². The molecule has 0 unspecified atom stereocenters. The Balaban J connectivity index is 1.62. The van der Waals surface area contributed by atoms with E-state index in [1.165, 1.54) is 16.8 Å². The van der Waals surface area contributed by atoms with E-state index in [0.29, 0.717) is 24.2 Å². The molecule has 7 heteroatoms. The average Bonchev–Trinajstić information content (AvgIpc) is 2.70. The van der Waals surface area contributed by atoms with Crippen LogP contribution in [-0.4, -0.2) is 51.2 Å². The van der Waals surface area contributed by atoms with Crippen LogP contribution >= 0.6 is 0 Å². The Hall–Kier alpha value is -2.85. The van der Waals surface area contributed by atoms with Crippen molar-refractivity contribution in [3.63, 3.8) is 0 Å². The molecule has 1 fully saturated rings. The molecule has 29 heavy (non-hydrogen) atoms. The maximum atomic E-state index is 12.8. The van der Waals surface area contributed by atoms with E-state index in [1.807, 2.05) is 4.90 Å². The quantitative estimate of drug-likeness (QED) is 0.756. The Kier molecular flexibility index (Phi) is 6.23. The van der Waals surface area contributed by atoms with Crippen molar-refractivity contribution < 1.29 is 13.2 Å². The zero-order valence-electron chi connectivity index (χ0n) is 16.8. The third-order valence-electron chi connectivity index (χ3n) is 5.36. The van der Waals surface area contributed by atoms with Crippen molar-refractivity contribution in [1.29, 1.82) is 5.26 Å². The molecule has 0 aliphatic carbocycles. The van der Waals surface area contributed by atoms with Gasteiger partial charge in [0.25, 0.3) is 5.91 Å². The summed E-state index contributed by atoms with van der Waals surface area (Å²) in [5.41, 5.74) is 4.88. The van der Waals surface area contributed by atoms with Crippen LogP contribution in [0.4, 0.5) is 5.69 Å². The van der Waals surface area contributed by atoms with Crippen LogP contribution in [0.1, 0.15) is 27.0 Å². The molecule has 1 saturated heterocycles. The molecule has 0 N–H and O–H groups in total. The van der Waals surface area contributed by atoms with Crippen LogP contribution in [0.15, 0.2) is 42.5 Å². The van der Waals surface area contributed by atoms with E-state index in [2.05, 4.69) is 36.9 Å². The van der Waals surface area contributed by atoms with E-state index in [4.69, 9.17) is 5.26 Å². The van der Waals surface area contributed by atoms with Gasteiger partial charge in [0.05, 0.1) is 11.8 Å². The Morgan fingerprint density at radius 1 is 1.03 bits per heavy atom. The number of nitriles is 1. The Morgan fingerprint density at radius 2 is 1.69 bits per heavy atom. The summed E-state index contributed by atoms with van der Waals surface area (Å²) in [6, 6.07) is 14.6. The minimum atomic E-state index is -3.44. The van der Waals surface area contributed by atoms with E-state index in [0.717, 1.165) is 13.1 Å². The molecule has 152 valence electrons. The van der Waals surface area contributed by atoms with Gasteiger partial charge in [-0.05, 0) is 48.7 Å². The van der Waals surface area contributed by atoms with Crippen molar-refractivity contribution >= 4 is 21.4 Å². The molecule has 0 aromatic heterocycles. The van der Waals surface area contributed by atoms with Gasteiger partial charge >= 0.3 is 0 Å². The fraction of sp³-hybridized carbons (Fsp3) is 0.364. The number of piperazine rings is 1. The lowest BCUT2D eigenvalue weighted by Crippen LogP contribution is -2.49. The molecule has 0 saturated carbocycles. The van der Waals surface area contributed by atoms with Gasteiger partial charge in [-0.1, -0.05) is 24.3 Å². The fourth-order valence-electron chi connectivity index (χ4n) is 3.56. The monoisotopic (exact) mass is 411 g/mol. The minimum Gasteiger partial charge on any atom is -0.368 e. The van der Waals surface area contributed by atoms with Gasteiger partial charge in [0.2, 0.25) is 0 Å². The molecule has 2 aromatic rings. The largest absolute Gasteiger partial charge is 0.368 e. The SMILES string of the molecule is Cc1cccc(N2CCN(C(=O)c3ccc(CS(=O)(=O)CC#N)cc3)CC2)c1C. The van der Waals surface area contributed by atoms with Gasteiger partial charge in [0.1, 0.15) is 5.75 Å². The maximum absolute atomic E-state index is 12.8. The second kappa shape index (κ2) is 8.66. The summed E-state index contributed by atoms with van der Waals surface area (Å²) in [6.45, 7) is 7.07. The molecule has 0 bridgehead atoms. The number of carbonyl (C=O) groups excluding carboxylic acids is 1. The molecule has 1 aliphatic rings. The lowest BCUT2D eigenvalue weighted by Gasteiger charge is -2.37. The molecule has 1 heterocycles. The summed E-state index contributed by atoms with van der Waals surface area (Å²) in [7, 11) is -3.44. The second-order valence-electron chi connectivity index (χ2n) is 7.39. The van der Waals surface area contributed by atoms with E-state index in [1.54, 1.807) is 30.3 Å². The number of benzene rings is 2. The average molecular weight is 412 g/mol. The van der Waals surface area contributed by atoms with Crippen molar-refractivity contribution in [1.82, 2.24) is 4.90 Å². The van der Waals surface area contributed by atoms with E-state index >= 15 is 0 Å². The molecule has 6 nitrogen and oxygen atoms in total. The second-order valence-corrected chi connectivity index (χ2v) is 9.45. The van der Waals surface area contributed by atoms with Crippen LogP contribution in [0.2, 0.25) is 0 Å². The van der Waals surface area contributed by atoms with Gasteiger partial charge in [-0.2, -0.15) is 5.26 Å². The van der Waals surface area contributed by atoms with Crippen LogP contribution in [0.25, 0.3) is 0 Å². The molecule has 0 spiro atoms. The standard InChI is InChI=1S/C22H25N3O3S/c1-17-4-3-5-21(18(17)2)24-11-13-25(14-12-24)22(26)20-8-6-19(7-9-20)16-29(27,28)15-10-23/h3-9H,11-16H2,1-2H3.